The Balaban J connectivity index is 1.70. The summed E-state index contributed by atoms with van der Waals surface area (Å²) in [5, 5.41) is 5.38. The number of urea groups is 1. The van der Waals surface area contributed by atoms with Gasteiger partial charge in [-0.15, -0.1) is 0 Å². The first-order valence-corrected chi connectivity index (χ1v) is 10.2. The fraction of sp³-hybridized carbons (Fsp3) is 0.348. The molecular weight excluding hydrogens is 382 g/mol. The van der Waals surface area contributed by atoms with E-state index in [1.165, 1.54) is 7.11 Å². The molecule has 1 aliphatic rings. The molecule has 0 aromatic heterocycles. The van der Waals surface area contributed by atoms with Crippen molar-refractivity contribution in [2.75, 3.05) is 25.5 Å². The zero-order valence-corrected chi connectivity index (χ0v) is 17.1. The van der Waals surface area contributed by atoms with Crippen LogP contribution in [-0.2, 0) is 16.0 Å². The lowest BCUT2D eigenvalue weighted by Gasteiger charge is -2.27. The molecule has 0 unspecified atom stereocenters. The topological polar surface area (TPSA) is 87.7 Å². The Kier molecular flexibility index (Phi) is 7.43. The van der Waals surface area contributed by atoms with Gasteiger partial charge < -0.3 is 20.3 Å². The van der Waals surface area contributed by atoms with Crippen LogP contribution in [0.4, 0.5) is 10.5 Å². The maximum atomic E-state index is 12.9. The van der Waals surface area contributed by atoms with Crippen molar-refractivity contribution < 1.29 is 19.1 Å². The molecule has 0 saturated carbocycles. The molecule has 7 nitrogen and oxygen atoms in total. The first kappa shape index (κ1) is 21.4. The van der Waals surface area contributed by atoms with Crippen molar-refractivity contribution in [3.05, 3.63) is 65.7 Å². The first-order chi connectivity index (χ1) is 14.6. The van der Waals surface area contributed by atoms with E-state index in [2.05, 4.69) is 10.6 Å². The van der Waals surface area contributed by atoms with Crippen molar-refractivity contribution in [2.45, 2.75) is 31.7 Å². The fourth-order valence-corrected chi connectivity index (χ4v) is 3.55. The average molecular weight is 409 g/mol. The molecule has 0 radical (unpaired) electrons. The smallest absolute Gasteiger partial charge is 0.328 e. The number of nitrogens with zero attached hydrogens (tertiary/aromatic N) is 1. The highest BCUT2D eigenvalue weighted by Crippen LogP contribution is 2.20. The predicted molar refractivity (Wildman–Crippen MR) is 114 cm³/mol. The minimum atomic E-state index is -0.845. The predicted octanol–water partition coefficient (Wildman–Crippen LogP) is 3.22. The van der Waals surface area contributed by atoms with Crippen LogP contribution in [0.1, 0.15) is 35.2 Å². The van der Waals surface area contributed by atoms with Gasteiger partial charge in [0.05, 0.1) is 18.4 Å². The Morgan fingerprint density at radius 3 is 2.33 bits per heavy atom. The molecule has 30 heavy (non-hydrogen) atoms. The van der Waals surface area contributed by atoms with Crippen LogP contribution in [0.25, 0.3) is 0 Å². The van der Waals surface area contributed by atoms with Crippen molar-refractivity contribution in [3.8, 4) is 0 Å². The molecule has 0 spiro atoms. The van der Waals surface area contributed by atoms with Gasteiger partial charge in [0.15, 0.2) is 0 Å². The monoisotopic (exact) mass is 409 g/mol. The molecule has 1 atom stereocenters. The number of nitrogens with one attached hydrogen (secondary N) is 2. The second-order valence-corrected chi connectivity index (χ2v) is 7.26. The number of ether oxygens (including phenoxy) is 1. The summed E-state index contributed by atoms with van der Waals surface area (Å²) in [5.74, 6) is -0.633. The highest BCUT2D eigenvalue weighted by atomic mass is 16.5. The van der Waals surface area contributed by atoms with Crippen LogP contribution in [0.2, 0.25) is 0 Å². The highest BCUT2D eigenvalue weighted by Gasteiger charge is 2.24. The maximum Gasteiger partial charge on any atom is 0.328 e. The van der Waals surface area contributed by atoms with E-state index >= 15 is 0 Å². The number of carbonyl (C=O) groups excluding carboxylic acids is 3. The third-order valence-corrected chi connectivity index (χ3v) is 5.12. The summed E-state index contributed by atoms with van der Waals surface area (Å²) in [6.07, 6.45) is 3.40. The minimum Gasteiger partial charge on any atom is -0.467 e. The van der Waals surface area contributed by atoms with Gasteiger partial charge in [-0.2, -0.15) is 0 Å². The normalized spacial score (nSPS) is 14.5. The maximum absolute atomic E-state index is 12.9. The van der Waals surface area contributed by atoms with Crippen molar-refractivity contribution in [1.29, 1.82) is 0 Å². The minimum absolute atomic E-state index is 0.0978. The number of amides is 3. The number of piperidine rings is 1. The van der Waals surface area contributed by atoms with Crippen LogP contribution in [0, 0.1) is 0 Å². The molecule has 0 bridgehead atoms. The van der Waals surface area contributed by atoms with Crippen LogP contribution in [0.5, 0.6) is 0 Å². The standard InChI is InChI=1S/C23H27N3O4/c1-30-22(28)20(16-17-10-4-2-5-11-17)25-23(29)24-19-13-7-6-12-18(19)21(27)26-14-8-3-9-15-26/h2,4-7,10-13,20H,3,8-9,14-16H2,1H3,(H2,24,25,29)/t20-/m1/s1. The molecule has 3 rings (SSSR count). The molecule has 2 aromatic carbocycles. The number of anilines is 1. The number of hydrogen-bond acceptors (Lipinski definition) is 4. The lowest BCUT2D eigenvalue weighted by Crippen LogP contribution is -2.45. The van der Waals surface area contributed by atoms with Crippen LogP contribution in [0.3, 0.4) is 0 Å². The van der Waals surface area contributed by atoms with Crippen molar-refractivity contribution in [3.63, 3.8) is 0 Å². The second kappa shape index (κ2) is 10.4. The third-order valence-electron chi connectivity index (χ3n) is 5.12. The van der Waals surface area contributed by atoms with Crippen molar-refractivity contribution in [1.82, 2.24) is 10.2 Å². The molecule has 1 aliphatic heterocycles. The lowest BCUT2D eigenvalue weighted by molar-refractivity contribution is -0.142. The average Bonchev–Trinajstić information content (AvgIpc) is 2.79. The summed E-state index contributed by atoms with van der Waals surface area (Å²) >= 11 is 0. The number of likely N-dealkylation sites (tertiary alicyclic amines) is 1. The number of methoxy groups -OCH3 is 1. The summed E-state index contributed by atoms with van der Waals surface area (Å²) in [7, 11) is 1.28. The second-order valence-electron chi connectivity index (χ2n) is 7.26. The van der Waals surface area contributed by atoms with Crippen LogP contribution in [0.15, 0.2) is 54.6 Å². The molecule has 2 N–H and O–H groups in total. The number of esters is 1. The first-order valence-electron chi connectivity index (χ1n) is 10.2. The number of para-hydroxylation sites is 1. The lowest BCUT2D eigenvalue weighted by atomic mass is 10.1. The number of hydrogen-bond donors (Lipinski definition) is 2. The Bertz CT molecular complexity index is 879. The van der Waals surface area contributed by atoms with Crippen LogP contribution < -0.4 is 10.6 Å². The van der Waals surface area contributed by atoms with Crippen LogP contribution >= 0.6 is 0 Å². The molecule has 0 aliphatic carbocycles. The summed E-state index contributed by atoms with van der Waals surface area (Å²) in [6, 6.07) is 14.9. The van der Waals surface area contributed by atoms with E-state index in [0.717, 1.165) is 37.9 Å². The number of carbonyl (C=O) groups is 3. The Labute approximate surface area is 176 Å². The Morgan fingerprint density at radius 1 is 0.967 bits per heavy atom. The van der Waals surface area contributed by atoms with Gasteiger partial charge >= 0.3 is 12.0 Å². The highest BCUT2D eigenvalue weighted by molar-refractivity contribution is 6.03. The molecule has 3 amide bonds. The van der Waals surface area contributed by atoms with Gasteiger partial charge in [0.1, 0.15) is 6.04 Å². The molecule has 1 heterocycles. The van der Waals surface area contributed by atoms with E-state index in [4.69, 9.17) is 4.74 Å². The van der Waals surface area contributed by atoms with E-state index in [-0.39, 0.29) is 5.91 Å². The Morgan fingerprint density at radius 2 is 1.63 bits per heavy atom. The Hall–Kier alpha value is -3.35. The zero-order valence-electron chi connectivity index (χ0n) is 17.1. The van der Waals surface area contributed by atoms with E-state index in [0.29, 0.717) is 17.7 Å². The summed E-state index contributed by atoms with van der Waals surface area (Å²) in [5.41, 5.74) is 1.75. The molecule has 2 aromatic rings. The van der Waals surface area contributed by atoms with Crippen LogP contribution in [-0.4, -0.2) is 49.0 Å². The van der Waals surface area contributed by atoms with Gasteiger partial charge in [-0.05, 0) is 37.0 Å². The number of rotatable bonds is 6. The van der Waals surface area contributed by atoms with E-state index in [9.17, 15) is 14.4 Å². The van der Waals surface area contributed by atoms with E-state index < -0.39 is 18.0 Å². The summed E-state index contributed by atoms with van der Waals surface area (Å²) < 4.78 is 4.83. The molecule has 1 fully saturated rings. The van der Waals surface area contributed by atoms with Gasteiger partial charge in [0.2, 0.25) is 0 Å². The van der Waals surface area contributed by atoms with E-state index in [1.807, 2.05) is 35.2 Å². The molecule has 1 saturated heterocycles. The van der Waals surface area contributed by atoms with Gasteiger partial charge in [0, 0.05) is 19.5 Å². The largest absolute Gasteiger partial charge is 0.467 e. The van der Waals surface area contributed by atoms with Crippen molar-refractivity contribution in [2.24, 2.45) is 0 Å². The molecular formula is C23H27N3O4. The van der Waals surface area contributed by atoms with Gasteiger partial charge in [-0.1, -0.05) is 42.5 Å². The van der Waals surface area contributed by atoms with Gasteiger partial charge in [0.25, 0.3) is 5.91 Å². The molecule has 158 valence electrons. The van der Waals surface area contributed by atoms with Gasteiger partial charge in [-0.3, -0.25) is 4.79 Å². The molecule has 7 heteroatoms. The zero-order chi connectivity index (χ0) is 21.3. The van der Waals surface area contributed by atoms with Gasteiger partial charge in [-0.25, -0.2) is 9.59 Å². The van der Waals surface area contributed by atoms with E-state index in [1.54, 1.807) is 24.3 Å². The SMILES string of the molecule is COC(=O)[C@@H](Cc1ccccc1)NC(=O)Nc1ccccc1C(=O)N1CCCCC1. The fourth-order valence-electron chi connectivity index (χ4n) is 3.55. The third kappa shape index (κ3) is 5.59. The summed E-state index contributed by atoms with van der Waals surface area (Å²) in [4.78, 5) is 39.5. The van der Waals surface area contributed by atoms with Crippen molar-refractivity contribution >= 4 is 23.6 Å². The number of benzene rings is 2. The summed E-state index contributed by atoms with van der Waals surface area (Å²) in [6.45, 7) is 1.45. The quantitative estimate of drug-likeness (QED) is 0.717.